The number of likely N-dealkylation sites (tertiary alicyclic amines) is 1. The Kier molecular flexibility index (Phi) is 7.96. The van der Waals surface area contributed by atoms with Crippen LogP contribution in [0.4, 0.5) is 5.69 Å². The molecule has 9 nitrogen and oxygen atoms in total. The van der Waals surface area contributed by atoms with E-state index in [0.29, 0.717) is 30.9 Å². The standard InChI is InChI=1S/C37H37N3O6/c1-45-29-17-15-27(16-18-29)39-21-9-19-37-32(31-30(46-37)14-8-20-38(34(31)42)23-26-12-6-3-7-13-26)35(43)40(33(37)36(39)44)28(24-41)22-25-10-4-2-5-11-25/h2-19,28,30-33,41H,20-24H2,1H3/t28-,30-,31+,32+,33?,37+/m1/s1. The number of methoxy groups -OCH3 is 1. The largest absolute Gasteiger partial charge is 0.497 e. The first-order valence-electron chi connectivity index (χ1n) is 15.7. The van der Waals surface area contributed by atoms with Crippen molar-refractivity contribution >= 4 is 23.4 Å². The molecule has 0 saturated carbocycles. The van der Waals surface area contributed by atoms with Crippen LogP contribution in [0.1, 0.15) is 11.1 Å². The fraction of sp³-hybridized carbons (Fsp3) is 0.324. The highest BCUT2D eigenvalue weighted by Crippen LogP contribution is 2.54. The number of nitrogens with zero attached hydrogens (tertiary/aromatic N) is 3. The predicted molar refractivity (Wildman–Crippen MR) is 172 cm³/mol. The van der Waals surface area contributed by atoms with E-state index in [1.54, 1.807) is 29.0 Å². The minimum absolute atomic E-state index is 0.185. The molecule has 1 spiro atoms. The highest BCUT2D eigenvalue weighted by Gasteiger charge is 2.72. The lowest BCUT2D eigenvalue weighted by molar-refractivity contribution is -0.147. The molecule has 1 N–H and O–H groups in total. The number of rotatable bonds is 8. The molecule has 7 rings (SSSR count). The topological polar surface area (TPSA) is 99.6 Å². The molecular weight excluding hydrogens is 582 g/mol. The SMILES string of the molecule is COc1ccc(N2CC=C[C@]34O[C@@H]5C=CCN(Cc6ccccc6)C(=O)[C@@H]5[C@H]3C(=O)N([C@@H](CO)Cc3ccccc3)C4C2=O)cc1. The molecule has 2 saturated heterocycles. The van der Waals surface area contributed by atoms with Gasteiger partial charge in [0, 0.05) is 25.3 Å². The molecule has 1 unspecified atom stereocenters. The van der Waals surface area contributed by atoms with Crippen molar-refractivity contribution in [2.75, 3.05) is 31.7 Å². The molecule has 2 fully saturated rings. The van der Waals surface area contributed by atoms with Gasteiger partial charge in [-0.05, 0) is 41.8 Å². The molecule has 236 valence electrons. The van der Waals surface area contributed by atoms with Gasteiger partial charge in [0.1, 0.15) is 17.4 Å². The smallest absolute Gasteiger partial charge is 0.253 e. The van der Waals surface area contributed by atoms with E-state index in [9.17, 15) is 19.5 Å². The van der Waals surface area contributed by atoms with Crippen molar-refractivity contribution in [3.8, 4) is 5.75 Å². The zero-order valence-electron chi connectivity index (χ0n) is 25.6. The maximum absolute atomic E-state index is 14.8. The van der Waals surface area contributed by atoms with Gasteiger partial charge in [-0.3, -0.25) is 14.4 Å². The van der Waals surface area contributed by atoms with Crippen LogP contribution in [0.5, 0.6) is 5.75 Å². The van der Waals surface area contributed by atoms with Gasteiger partial charge in [-0.15, -0.1) is 0 Å². The van der Waals surface area contributed by atoms with Gasteiger partial charge >= 0.3 is 0 Å². The molecule has 9 heteroatoms. The lowest BCUT2D eigenvalue weighted by Gasteiger charge is -2.38. The average molecular weight is 620 g/mol. The highest BCUT2D eigenvalue weighted by atomic mass is 16.5. The average Bonchev–Trinajstić information content (AvgIpc) is 3.41. The Labute approximate surface area is 268 Å². The fourth-order valence-corrected chi connectivity index (χ4v) is 7.60. The number of carbonyl (C=O) groups excluding carboxylic acids is 3. The van der Waals surface area contributed by atoms with E-state index < -0.39 is 35.6 Å². The Morgan fingerprint density at radius 3 is 2.24 bits per heavy atom. The number of hydrogen-bond donors (Lipinski definition) is 1. The maximum atomic E-state index is 14.8. The summed E-state index contributed by atoms with van der Waals surface area (Å²) in [4.78, 5) is 48.9. The summed E-state index contributed by atoms with van der Waals surface area (Å²) in [5.74, 6) is -1.99. The normalized spacial score (nSPS) is 27.6. The van der Waals surface area contributed by atoms with Crippen molar-refractivity contribution in [3.63, 3.8) is 0 Å². The van der Waals surface area contributed by atoms with E-state index in [2.05, 4.69) is 0 Å². The number of amides is 3. The van der Waals surface area contributed by atoms with Gasteiger partial charge in [-0.2, -0.15) is 0 Å². The number of hydrogen-bond acceptors (Lipinski definition) is 6. The van der Waals surface area contributed by atoms with E-state index in [1.807, 2.05) is 97.1 Å². The van der Waals surface area contributed by atoms with Crippen LogP contribution in [0.25, 0.3) is 0 Å². The van der Waals surface area contributed by atoms with Gasteiger partial charge in [0.05, 0.1) is 37.7 Å². The van der Waals surface area contributed by atoms with Crippen molar-refractivity contribution < 1.29 is 29.0 Å². The quantitative estimate of drug-likeness (QED) is 0.389. The summed E-state index contributed by atoms with van der Waals surface area (Å²) >= 11 is 0. The Bertz CT molecular complexity index is 1660. The number of anilines is 1. The molecule has 4 aliphatic heterocycles. The highest BCUT2D eigenvalue weighted by molar-refractivity contribution is 6.06. The molecule has 0 bridgehead atoms. The van der Waals surface area contributed by atoms with Gasteiger partial charge in [0.2, 0.25) is 11.8 Å². The Hall–Kier alpha value is -4.73. The molecule has 4 aliphatic rings. The number of carbonyl (C=O) groups is 3. The summed E-state index contributed by atoms with van der Waals surface area (Å²) in [5, 5.41) is 10.8. The van der Waals surface area contributed by atoms with Crippen LogP contribution >= 0.6 is 0 Å². The number of aliphatic hydroxyl groups excluding tert-OH is 1. The van der Waals surface area contributed by atoms with Crippen LogP contribution < -0.4 is 9.64 Å². The fourth-order valence-electron chi connectivity index (χ4n) is 7.60. The number of benzene rings is 3. The third-order valence-corrected chi connectivity index (χ3v) is 9.70. The van der Waals surface area contributed by atoms with Crippen LogP contribution in [-0.4, -0.2) is 83.2 Å². The summed E-state index contributed by atoms with van der Waals surface area (Å²) < 4.78 is 12.1. The van der Waals surface area contributed by atoms with Crippen LogP contribution in [0.2, 0.25) is 0 Å². The first-order chi connectivity index (χ1) is 22.4. The summed E-state index contributed by atoms with van der Waals surface area (Å²) in [6, 6.07) is 24.7. The second-order valence-corrected chi connectivity index (χ2v) is 12.3. The zero-order chi connectivity index (χ0) is 31.8. The molecule has 0 aliphatic carbocycles. The second kappa shape index (κ2) is 12.2. The lowest BCUT2D eigenvalue weighted by Crippen LogP contribution is -2.58. The molecule has 46 heavy (non-hydrogen) atoms. The van der Waals surface area contributed by atoms with E-state index >= 15 is 0 Å². The Morgan fingerprint density at radius 2 is 1.57 bits per heavy atom. The van der Waals surface area contributed by atoms with Crippen molar-refractivity contribution in [3.05, 3.63) is 120 Å². The Morgan fingerprint density at radius 1 is 0.870 bits per heavy atom. The van der Waals surface area contributed by atoms with Gasteiger partial charge in [-0.25, -0.2) is 0 Å². The molecule has 4 heterocycles. The zero-order valence-corrected chi connectivity index (χ0v) is 25.6. The van der Waals surface area contributed by atoms with Crippen molar-refractivity contribution in [2.24, 2.45) is 11.8 Å². The molecule has 3 amide bonds. The van der Waals surface area contributed by atoms with E-state index in [4.69, 9.17) is 9.47 Å². The van der Waals surface area contributed by atoms with Crippen molar-refractivity contribution in [1.29, 1.82) is 0 Å². The van der Waals surface area contributed by atoms with Crippen LogP contribution in [0.15, 0.2) is 109 Å². The van der Waals surface area contributed by atoms with E-state index in [-0.39, 0.29) is 30.9 Å². The maximum Gasteiger partial charge on any atom is 0.253 e. The monoisotopic (exact) mass is 619 g/mol. The number of aliphatic hydroxyl groups is 1. The van der Waals surface area contributed by atoms with Gasteiger partial charge in [0.25, 0.3) is 5.91 Å². The van der Waals surface area contributed by atoms with E-state index in [1.165, 1.54) is 4.90 Å². The van der Waals surface area contributed by atoms with Crippen LogP contribution in [-0.2, 0) is 32.1 Å². The summed E-state index contributed by atoms with van der Waals surface area (Å²) in [7, 11) is 1.58. The molecule has 3 aromatic rings. The number of ether oxygens (including phenoxy) is 2. The second-order valence-electron chi connectivity index (χ2n) is 12.3. The number of fused-ring (bicyclic) bond motifs is 2. The summed E-state index contributed by atoms with van der Waals surface area (Å²) in [6.07, 6.45) is 7.13. The van der Waals surface area contributed by atoms with Crippen LogP contribution in [0, 0.1) is 11.8 Å². The van der Waals surface area contributed by atoms with Gasteiger partial charge in [-0.1, -0.05) is 85.0 Å². The van der Waals surface area contributed by atoms with E-state index in [0.717, 1.165) is 11.1 Å². The summed E-state index contributed by atoms with van der Waals surface area (Å²) in [6.45, 7) is 0.671. The molecule has 6 atom stereocenters. The third kappa shape index (κ3) is 5.00. The molecular formula is C37H37N3O6. The molecule has 0 aromatic heterocycles. The Balaban J connectivity index is 1.31. The first-order valence-corrected chi connectivity index (χ1v) is 15.7. The van der Waals surface area contributed by atoms with Crippen molar-refractivity contribution in [2.45, 2.75) is 36.8 Å². The minimum Gasteiger partial charge on any atom is -0.497 e. The molecule has 0 radical (unpaired) electrons. The van der Waals surface area contributed by atoms with Gasteiger partial charge < -0.3 is 29.3 Å². The summed E-state index contributed by atoms with van der Waals surface area (Å²) in [5.41, 5.74) is 1.15. The third-order valence-electron chi connectivity index (χ3n) is 9.70. The predicted octanol–water partition coefficient (Wildman–Crippen LogP) is 3.38. The first kappa shape index (κ1) is 30.0. The van der Waals surface area contributed by atoms with Crippen molar-refractivity contribution in [1.82, 2.24) is 9.80 Å². The van der Waals surface area contributed by atoms with Crippen LogP contribution in [0.3, 0.4) is 0 Å². The molecule has 3 aromatic carbocycles. The van der Waals surface area contributed by atoms with Gasteiger partial charge in [0.15, 0.2) is 0 Å². The lowest BCUT2D eigenvalue weighted by atomic mass is 9.77. The minimum atomic E-state index is -1.40.